The van der Waals surface area contributed by atoms with Crippen LogP contribution in [-0.2, 0) is 22.5 Å². The predicted octanol–water partition coefficient (Wildman–Crippen LogP) is 3.66. The van der Waals surface area contributed by atoms with Crippen LogP contribution in [0.2, 0.25) is 0 Å². The summed E-state index contributed by atoms with van der Waals surface area (Å²) in [6.07, 6.45) is 1.62. The summed E-state index contributed by atoms with van der Waals surface area (Å²) in [6, 6.07) is 7.87. The molecule has 1 aromatic carbocycles. The molecule has 154 valence electrons. The molecule has 1 aliphatic heterocycles. The maximum Gasteiger partial charge on any atom is 0.341 e. The minimum absolute atomic E-state index is 0.0247. The number of hydrogen-bond acceptors (Lipinski definition) is 6. The number of ether oxygens (including phenoxy) is 2. The third kappa shape index (κ3) is 4.02. The van der Waals surface area contributed by atoms with E-state index in [1.165, 1.54) is 11.3 Å². The molecule has 4 rings (SSSR count). The van der Waals surface area contributed by atoms with Crippen LogP contribution in [0.1, 0.15) is 45.6 Å². The molecule has 1 N–H and O–H groups in total. The average Bonchev–Trinajstić information content (AvgIpc) is 3.44. The summed E-state index contributed by atoms with van der Waals surface area (Å²) in [5.74, 6) is 0.590. The lowest BCUT2D eigenvalue weighted by Gasteiger charge is -2.22. The van der Waals surface area contributed by atoms with Crippen LogP contribution in [0, 0.1) is 5.92 Å². The maximum absolute atomic E-state index is 12.9. The van der Waals surface area contributed by atoms with Crippen molar-refractivity contribution in [1.82, 2.24) is 4.90 Å². The highest BCUT2D eigenvalue weighted by molar-refractivity contribution is 7.17. The van der Waals surface area contributed by atoms with E-state index in [0.29, 0.717) is 17.2 Å². The monoisotopic (exact) mass is 414 g/mol. The van der Waals surface area contributed by atoms with Crippen molar-refractivity contribution in [2.75, 3.05) is 32.6 Å². The zero-order valence-electron chi connectivity index (χ0n) is 17.0. The highest BCUT2D eigenvalue weighted by atomic mass is 32.1. The van der Waals surface area contributed by atoms with E-state index in [1.54, 1.807) is 14.0 Å². The molecule has 0 bridgehead atoms. The summed E-state index contributed by atoms with van der Waals surface area (Å²) in [5.41, 5.74) is 2.72. The maximum atomic E-state index is 12.9. The Morgan fingerprint density at radius 3 is 2.72 bits per heavy atom. The standard InChI is InChI=1S/C22H26N2O4S/c1-4-28-22(26)19-15-9-10-24(2)12-18(15)29-21(19)23-20(25)17-11-16(17)13-5-7-14(27-3)8-6-13/h5-8,16-17H,4,9-12H2,1-3H3,(H,23,25). The zero-order valence-corrected chi connectivity index (χ0v) is 17.8. The van der Waals surface area contributed by atoms with Gasteiger partial charge in [0.2, 0.25) is 5.91 Å². The first-order chi connectivity index (χ1) is 14.0. The lowest BCUT2D eigenvalue weighted by atomic mass is 10.0. The second-order valence-corrected chi connectivity index (χ2v) is 8.73. The SMILES string of the molecule is CCOC(=O)c1c(NC(=O)C2CC2c2ccc(OC)cc2)sc2c1CCN(C)C2. The van der Waals surface area contributed by atoms with Crippen molar-refractivity contribution in [2.24, 2.45) is 5.92 Å². The molecule has 1 fully saturated rings. The number of methoxy groups -OCH3 is 1. The van der Waals surface area contributed by atoms with E-state index in [2.05, 4.69) is 17.3 Å². The summed E-state index contributed by atoms with van der Waals surface area (Å²) in [7, 11) is 3.70. The molecule has 1 amide bonds. The number of fused-ring (bicyclic) bond motifs is 1. The van der Waals surface area contributed by atoms with Crippen LogP contribution < -0.4 is 10.1 Å². The van der Waals surface area contributed by atoms with Crippen molar-refractivity contribution in [1.29, 1.82) is 0 Å². The van der Waals surface area contributed by atoms with Gasteiger partial charge < -0.3 is 19.7 Å². The van der Waals surface area contributed by atoms with Crippen LogP contribution in [0.3, 0.4) is 0 Å². The number of carbonyl (C=O) groups is 2. The van der Waals surface area contributed by atoms with Crippen molar-refractivity contribution < 1.29 is 19.1 Å². The molecular formula is C22H26N2O4S. The first-order valence-electron chi connectivity index (χ1n) is 9.96. The van der Waals surface area contributed by atoms with Gasteiger partial charge in [-0.2, -0.15) is 0 Å². The number of amides is 1. The van der Waals surface area contributed by atoms with Gasteiger partial charge in [0.1, 0.15) is 10.8 Å². The minimum Gasteiger partial charge on any atom is -0.497 e. The van der Waals surface area contributed by atoms with E-state index < -0.39 is 0 Å². The van der Waals surface area contributed by atoms with Crippen LogP contribution in [-0.4, -0.2) is 44.1 Å². The summed E-state index contributed by atoms with van der Waals surface area (Å²) in [6.45, 7) is 3.80. The van der Waals surface area contributed by atoms with Crippen LogP contribution in [0.15, 0.2) is 24.3 Å². The lowest BCUT2D eigenvalue weighted by molar-refractivity contribution is -0.117. The molecule has 0 spiro atoms. The Bertz CT molecular complexity index is 922. The molecule has 29 heavy (non-hydrogen) atoms. The van der Waals surface area contributed by atoms with Crippen LogP contribution in [0.4, 0.5) is 5.00 Å². The number of anilines is 1. The first-order valence-corrected chi connectivity index (χ1v) is 10.8. The Hall–Kier alpha value is -2.38. The van der Waals surface area contributed by atoms with Crippen molar-refractivity contribution >= 4 is 28.2 Å². The molecule has 2 aromatic rings. The second kappa shape index (κ2) is 8.16. The number of benzene rings is 1. The Balaban J connectivity index is 1.51. The van der Waals surface area contributed by atoms with E-state index in [9.17, 15) is 9.59 Å². The Kier molecular flexibility index (Phi) is 5.61. The van der Waals surface area contributed by atoms with Crippen molar-refractivity contribution in [3.63, 3.8) is 0 Å². The number of likely N-dealkylation sites (N-methyl/N-ethyl adjacent to an activating group) is 1. The Labute approximate surface area is 174 Å². The van der Waals surface area contributed by atoms with Gasteiger partial charge in [0.25, 0.3) is 0 Å². The molecule has 1 saturated carbocycles. The summed E-state index contributed by atoms with van der Waals surface area (Å²) in [4.78, 5) is 28.9. The van der Waals surface area contributed by atoms with Gasteiger partial charge in [-0.3, -0.25) is 4.79 Å². The Morgan fingerprint density at radius 1 is 1.28 bits per heavy atom. The highest BCUT2D eigenvalue weighted by Gasteiger charge is 2.44. The Morgan fingerprint density at radius 2 is 2.03 bits per heavy atom. The fourth-order valence-electron chi connectivity index (χ4n) is 3.95. The quantitative estimate of drug-likeness (QED) is 0.731. The molecule has 2 aliphatic rings. The number of hydrogen-bond donors (Lipinski definition) is 1. The van der Waals surface area contributed by atoms with Gasteiger partial charge in [0.05, 0.1) is 19.3 Å². The van der Waals surface area contributed by atoms with Gasteiger partial charge in [0, 0.05) is 23.9 Å². The summed E-state index contributed by atoms with van der Waals surface area (Å²) >= 11 is 1.50. The molecule has 1 aromatic heterocycles. The van der Waals surface area contributed by atoms with Gasteiger partial charge in [-0.15, -0.1) is 11.3 Å². The van der Waals surface area contributed by atoms with Gasteiger partial charge in [-0.1, -0.05) is 12.1 Å². The molecule has 2 heterocycles. The van der Waals surface area contributed by atoms with E-state index in [-0.39, 0.29) is 23.7 Å². The minimum atomic E-state index is -0.340. The molecular weight excluding hydrogens is 388 g/mol. The smallest absolute Gasteiger partial charge is 0.341 e. The lowest BCUT2D eigenvalue weighted by Crippen LogP contribution is -2.26. The fourth-order valence-corrected chi connectivity index (χ4v) is 5.27. The number of nitrogens with zero attached hydrogens (tertiary/aromatic N) is 1. The molecule has 1 aliphatic carbocycles. The van der Waals surface area contributed by atoms with E-state index in [1.807, 2.05) is 24.3 Å². The first kappa shape index (κ1) is 19.9. The fraction of sp³-hybridized carbons (Fsp3) is 0.455. The summed E-state index contributed by atoms with van der Waals surface area (Å²) < 4.78 is 10.5. The van der Waals surface area contributed by atoms with Gasteiger partial charge in [-0.05, 0) is 56.0 Å². The number of nitrogens with one attached hydrogen (secondary N) is 1. The molecule has 6 nitrogen and oxygen atoms in total. The second-order valence-electron chi connectivity index (χ2n) is 7.63. The van der Waals surface area contributed by atoms with Crippen molar-refractivity contribution in [3.05, 3.63) is 45.8 Å². The van der Waals surface area contributed by atoms with Crippen molar-refractivity contribution in [2.45, 2.75) is 32.2 Å². The van der Waals surface area contributed by atoms with Crippen LogP contribution in [0.5, 0.6) is 5.75 Å². The number of carbonyl (C=O) groups excluding carboxylic acids is 2. The average molecular weight is 415 g/mol. The molecule has 2 atom stereocenters. The normalized spacial score (nSPS) is 20.7. The molecule has 7 heteroatoms. The van der Waals surface area contributed by atoms with Crippen LogP contribution >= 0.6 is 11.3 Å². The third-order valence-corrected chi connectivity index (χ3v) is 6.77. The number of rotatable bonds is 6. The van der Waals surface area contributed by atoms with Crippen molar-refractivity contribution in [3.8, 4) is 5.75 Å². The van der Waals surface area contributed by atoms with Gasteiger partial charge >= 0.3 is 5.97 Å². The molecule has 0 saturated heterocycles. The van der Waals surface area contributed by atoms with E-state index in [4.69, 9.17) is 9.47 Å². The number of esters is 1. The molecule has 2 unspecified atom stereocenters. The summed E-state index contributed by atoms with van der Waals surface area (Å²) in [5, 5.41) is 3.68. The third-order valence-electron chi connectivity index (χ3n) is 5.64. The molecule has 0 radical (unpaired) electrons. The zero-order chi connectivity index (χ0) is 20.5. The van der Waals surface area contributed by atoms with Gasteiger partial charge in [0.15, 0.2) is 0 Å². The topological polar surface area (TPSA) is 67.9 Å². The number of thiophene rings is 1. The highest BCUT2D eigenvalue weighted by Crippen LogP contribution is 2.49. The van der Waals surface area contributed by atoms with Gasteiger partial charge in [-0.25, -0.2) is 4.79 Å². The van der Waals surface area contributed by atoms with E-state index >= 15 is 0 Å². The predicted molar refractivity (Wildman–Crippen MR) is 113 cm³/mol. The largest absolute Gasteiger partial charge is 0.497 e. The van der Waals surface area contributed by atoms with E-state index in [0.717, 1.165) is 47.7 Å². The van der Waals surface area contributed by atoms with Crippen LogP contribution in [0.25, 0.3) is 0 Å².